The zero-order valence-corrected chi connectivity index (χ0v) is 11.9. The van der Waals surface area contributed by atoms with Gasteiger partial charge in [-0.3, -0.25) is 4.79 Å². The van der Waals surface area contributed by atoms with E-state index in [2.05, 4.69) is 10.3 Å². The zero-order valence-electron chi connectivity index (χ0n) is 11.1. The molecular formula is C14H20N2O2S. The van der Waals surface area contributed by atoms with Crippen molar-refractivity contribution in [2.24, 2.45) is 0 Å². The molecule has 4 nitrogen and oxygen atoms in total. The Labute approximate surface area is 118 Å². The third-order valence-corrected chi connectivity index (χ3v) is 4.22. The summed E-state index contributed by atoms with van der Waals surface area (Å²) in [5, 5.41) is 13.7. The van der Waals surface area contributed by atoms with Crippen LogP contribution in [0.25, 0.3) is 0 Å². The van der Waals surface area contributed by atoms with Gasteiger partial charge in [0.1, 0.15) is 5.03 Å². The number of amides is 1. The average Bonchev–Trinajstić information content (AvgIpc) is 2.64. The number of aliphatic hydroxyl groups excluding tert-OH is 1. The SMILES string of the molecule is CSc1ncccc1C(=O)NC1CCCCCC1O. The lowest BCUT2D eigenvalue weighted by atomic mass is 10.1. The first-order valence-corrected chi connectivity index (χ1v) is 7.93. The molecule has 1 aliphatic rings. The van der Waals surface area contributed by atoms with Crippen LogP contribution in [0.15, 0.2) is 23.4 Å². The van der Waals surface area contributed by atoms with Crippen LogP contribution in [0.2, 0.25) is 0 Å². The fourth-order valence-electron chi connectivity index (χ4n) is 2.43. The molecule has 0 spiro atoms. The second-order valence-electron chi connectivity index (χ2n) is 4.85. The first-order chi connectivity index (χ1) is 9.22. The molecule has 2 atom stereocenters. The second kappa shape index (κ2) is 6.91. The number of nitrogens with one attached hydrogen (secondary N) is 1. The van der Waals surface area contributed by atoms with E-state index < -0.39 is 6.10 Å². The lowest BCUT2D eigenvalue weighted by Crippen LogP contribution is -2.42. The van der Waals surface area contributed by atoms with Crippen LogP contribution in [-0.4, -0.2) is 34.4 Å². The number of thioether (sulfide) groups is 1. The number of rotatable bonds is 3. The molecule has 0 saturated heterocycles. The summed E-state index contributed by atoms with van der Waals surface area (Å²) in [4.78, 5) is 16.5. The highest BCUT2D eigenvalue weighted by Crippen LogP contribution is 2.20. The predicted octanol–water partition coefficient (Wildman–Crippen LogP) is 2.23. The molecule has 0 aliphatic heterocycles. The minimum atomic E-state index is -0.430. The first-order valence-electron chi connectivity index (χ1n) is 6.70. The van der Waals surface area contributed by atoms with Crippen molar-refractivity contribution >= 4 is 17.7 Å². The van der Waals surface area contributed by atoms with Crippen molar-refractivity contribution in [3.8, 4) is 0 Å². The van der Waals surface area contributed by atoms with Gasteiger partial charge in [-0.1, -0.05) is 19.3 Å². The van der Waals surface area contributed by atoms with Crippen molar-refractivity contribution < 1.29 is 9.90 Å². The van der Waals surface area contributed by atoms with E-state index in [0.29, 0.717) is 5.56 Å². The summed E-state index contributed by atoms with van der Waals surface area (Å²) in [7, 11) is 0. The Hall–Kier alpha value is -1.07. The summed E-state index contributed by atoms with van der Waals surface area (Å²) >= 11 is 1.46. The van der Waals surface area contributed by atoms with E-state index in [9.17, 15) is 9.90 Å². The maximum atomic E-state index is 12.3. The van der Waals surface area contributed by atoms with Gasteiger partial charge in [-0.2, -0.15) is 0 Å². The lowest BCUT2D eigenvalue weighted by molar-refractivity contribution is 0.0815. The van der Waals surface area contributed by atoms with E-state index in [0.717, 1.165) is 37.1 Å². The highest BCUT2D eigenvalue weighted by Gasteiger charge is 2.24. The van der Waals surface area contributed by atoms with E-state index in [1.807, 2.05) is 6.26 Å². The summed E-state index contributed by atoms with van der Waals surface area (Å²) in [6.07, 6.45) is 8.01. The smallest absolute Gasteiger partial charge is 0.254 e. The van der Waals surface area contributed by atoms with Crippen LogP contribution in [0.4, 0.5) is 0 Å². The number of carbonyl (C=O) groups is 1. The molecule has 2 unspecified atom stereocenters. The molecule has 2 N–H and O–H groups in total. The summed E-state index contributed by atoms with van der Waals surface area (Å²) in [6, 6.07) is 3.40. The number of aromatic nitrogens is 1. The van der Waals surface area contributed by atoms with Gasteiger partial charge in [-0.25, -0.2) is 4.98 Å². The standard InChI is InChI=1S/C14H20N2O2S/c1-19-14-10(6-5-9-15-14)13(18)16-11-7-3-2-4-8-12(11)17/h5-6,9,11-12,17H,2-4,7-8H2,1H3,(H,16,18). The molecule has 0 aromatic carbocycles. The number of aliphatic hydroxyl groups is 1. The van der Waals surface area contributed by atoms with E-state index in [1.165, 1.54) is 11.8 Å². The van der Waals surface area contributed by atoms with Crippen LogP contribution >= 0.6 is 11.8 Å². The molecule has 1 fully saturated rings. The summed E-state index contributed by atoms with van der Waals surface area (Å²) < 4.78 is 0. The van der Waals surface area contributed by atoms with Crippen molar-refractivity contribution in [3.63, 3.8) is 0 Å². The lowest BCUT2D eigenvalue weighted by Gasteiger charge is -2.22. The van der Waals surface area contributed by atoms with Crippen LogP contribution in [-0.2, 0) is 0 Å². The molecule has 0 radical (unpaired) electrons. The van der Waals surface area contributed by atoms with Crippen molar-refractivity contribution in [2.45, 2.75) is 49.3 Å². The molecule has 1 heterocycles. The predicted molar refractivity (Wildman–Crippen MR) is 76.4 cm³/mol. The van der Waals surface area contributed by atoms with Gasteiger partial charge < -0.3 is 10.4 Å². The third-order valence-electron chi connectivity index (χ3n) is 3.51. The van der Waals surface area contributed by atoms with Gasteiger partial charge in [0, 0.05) is 6.20 Å². The number of hydrogen-bond acceptors (Lipinski definition) is 4. The molecule has 1 saturated carbocycles. The highest BCUT2D eigenvalue weighted by atomic mass is 32.2. The Morgan fingerprint density at radius 2 is 2.21 bits per heavy atom. The average molecular weight is 280 g/mol. The van der Waals surface area contributed by atoms with E-state index in [1.54, 1.807) is 18.3 Å². The first kappa shape index (κ1) is 14.3. The monoisotopic (exact) mass is 280 g/mol. The van der Waals surface area contributed by atoms with Gasteiger partial charge in [-0.05, 0) is 31.2 Å². The van der Waals surface area contributed by atoms with Crippen LogP contribution in [0.1, 0.15) is 42.5 Å². The minimum absolute atomic E-state index is 0.134. The Balaban J connectivity index is 2.07. The van der Waals surface area contributed by atoms with Crippen molar-refractivity contribution in [3.05, 3.63) is 23.9 Å². The topological polar surface area (TPSA) is 62.2 Å². The number of pyridine rings is 1. The number of nitrogens with zero attached hydrogens (tertiary/aromatic N) is 1. The fraction of sp³-hybridized carbons (Fsp3) is 0.571. The molecular weight excluding hydrogens is 260 g/mol. The quantitative estimate of drug-likeness (QED) is 0.658. The molecule has 0 bridgehead atoms. The second-order valence-corrected chi connectivity index (χ2v) is 5.64. The van der Waals surface area contributed by atoms with Gasteiger partial charge in [0.25, 0.3) is 5.91 Å². The van der Waals surface area contributed by atoms with Gasteiger partial charge in [0.2, 0.25) is 0 Å². The third kappa shape index (κ3) is 3.70. The van der Waals surface area contributed by atoms with Gasteiger partial charge >= 0.3 is 0 Å². The van der Waals surface area contributed by atoms with E-state index in [-0.39, 0.29) is 11.9 Å². The molecule has 1 amide bonds. The Morgan fingerprint density at radius 3 is 3.00 bits per heavy atom. The zero-order chi connectivity index (χ0) is 13.7. The van der Waals surface area contributed by atoms with Crippen LogP contribution < -0.4 is 5.32 Å². The van der Waals surface area contributed by atoms with Crippen LogP contribution in [0.3, 0.4) is 0 Å². The van der Waals surface area contributed by atoms with Crippen molar-refractivity contribution in [1.29, 1.82) is 0 Å². The molecule has 19 heavy (non-hydrogen) atoms. The van der Waals surface area contributed by atoms with E-state index >= 15 is 0 Å². The van der Waals surface area contributed by atoms with Gasteiger partial charge in [0.05, 0.1) is 17.7 Å². The summed E-state index contributed by atoms with van der Waals surface area (Å²) in [5.74, 6) is -0.136. The largest absolute Gasteiger partial charge is 0.391 e. The molecule has 2 rings (SSSR count). The Bertz CT molecular complexity index is 439. The Morgan fingerprint density at radius 1 is 1.42 bits per heavy atom. The maximum absolute atomic E-state index is 12.3. The van der Waals surface area contributed by atoms with Gasteiger partial charge in [-0.15, -0.1) is 11.8 Å². The maximum Gasteiger partial charge on any atom is 0.254 e. The summed E-state index contributed by atoms with van der Waals surface area (Å²) in [5.41, 5.74) is 0.589. The summed E-state index contributed by atoms with van der Waals surface area (Å²) in [6.45, 7) is 0. The minimum Gasteiger partial charge on any atom is -0.391 e. The highest BCUT2D eigenvalue weighted by molar-refractivity contribution is 7.98. The number of hydrogen-bond donors (Lipinski definition) is 2. The van der Waals surface area contributed by atoms with Crippen LogP contribution in [0.5, 0.6) is 0 Å². The molecule has 5 heteroatoms. The van der Waals surface area contributed by atoms with Crippen molar-refractivity contribution in [1.82, 2.24) is 10.3 Å². The Kier molecular flexibility index (Phi) is 5.22. The molecule has 104 valence electrons. The van der Waals surface area contributed by atoms with Gasteiger partial charge in [0.15, 0.2) is 0 Å². The normalized spacial score (nSPS) is 23.7. The van der Waals surface area contributed by atoms with Crippen LogP contribution in [0, 0.1) is 0 Å². The van der Waals surface area contributed by atoms with Crippen molar-refractivity contribution in [2.75, 3.05) is 6.26 Å². The molecule has 1 aromatic heterocycles. The fourth-order valence-corrected chi connectivity index (χ4v) is 2.98. The number of carbonyl (C=O) groups excluding carboxylic acids is 1. The van der Waals surface area contributed by atoms with E-state index in [4.69, 9.17) is 0 Å². The molecule has 1 aliphatic carbocycles. The molecule has 1 aromatic rings.